The van der Waals surface area contributed by atoms with Gasteiger partial charge in [0.1, 0.15) is 11.9 Å². The number of rotatable bonds is 10. The lowest BCUT2D eigenvalue weighted by Gasteiger charge is -2.46. The fraction of sp³-hybridized carbons (Fsp3) is 0.417. The summed E-state index contributed by atoms with van der Waals surface area (Å²) in [6.07, 6.45) is 0.245. The van der Waals surface area contributed by atoms with E-state index < -0.39 is 36.8 Å². The molecule has 0 N–H and O–H groups in total. The molecule has 4 aromatic rings. The average Bonchev–Trinajstić information content (AvgIpc) is 3.25. The van der Waals surface area contributed by atoms with Crippen LogP contribution in [-0.2, 0) is 25.1 Å². The summed E-state index contributed by atoms with van der Waals surface area (Å²) >= 11 is 0. The highest BCUT2D eigenvalue weighted by Crippen LogP contribution is 2.44. The van der Waals surface area contributed by atoms with Crippen molar-refractivity contribution >= 4 is 45.5 Å². The van der Waals surface area contributed by atoms with Crippen molar-refractivity contribution in [3.8, 4) is 0 Å². The van der Waals surface area contributed by atoms with Crippen LogP contribution in [-0.4, -0.2) is 59.4 Å². The minimum absolute atomic E-state index is 0.246. The van der Waals surface area contributed by atoms with Gasteiger partial charge in [0.05, 0.1) is 17.9 Å². The third kappa shape index (κ3) is 6.59. The van der Waals surface area contributed by atoms with Crippen LogP contribution in [0.1, 0.15) is 45.6 Å². The molecular weight excluding hydrogens is 604 g/mol. The maximum Gasteiger partial charge on any atom is 0.264 e. The summed E-state index contributed by atoms with van der Waals surface area (Å²) < 4.78 is 53.6. The Morgan fingerprint density at radius 1 is 0.933 bits per heavy atom. The standard InChI is InChI=1S/C36H43FN2O4SSi/c1-36(2,3)45(29-12-7-5-8-13-29,30-14-9-6-10-15-30)43-35-28(25-32(34(35)37)42-44(4,40)41)19-17-26-16-18-27-20-21-33(38-31(27)24-26)39-22-11-23-39/h5-10,12-16,18,20-21,24,28,32,34-35H,11,17,19,22-23,25H2,1-4H3/t28-,32-,34+,35-/m0/s1. The fourth-order valence-corrected chi connectivity index (χ4v) is 12.4. The van der Waals surface area contributed by atoms with Gasteiger partial charge in [0.25, 0.3) is 18.4 Å². The first-order valence-corrected chi connectivity index (χ1v) is 19.6. The van der Waals surface area contributed by atoms with E-state index in [1.54, 1.807) is 0 Å². The maximum atomic E-state index is 16.6. The Bertz CT molecular complexity index is 1690. The summed E-state index contributed by atoms with van der Waals surface area (Å²) in [4.78, 5) is 7.20. The van der Waals surface area contributed by atoms with Crippen molar-refractivity contribution < 1.29 is 21.4 Å². The number of alkyl halides is 1. The van der Waals surface area contributed by atoms with E-state index in [9.17, 15) is 8.42 Å². The summed E-state index contributed by atoms with van der Waals surface area (Å²) in [5, 5.41) is 2.84. The van der Waals surface area contributed by atoms with Gasteiger partial charge in [-0.25, -0.2) is 9.37 Å². The third-order valence-electron chi connectivity index (χ3n) is 9.42. The summed E-state index contributed by atoms with van der Waals surface area (Å²) in [5.41, 5.74) is 2.06. The second kappa shape index (κ2) is 12.6. The van der Waals surface area contributed by atoms with Gasteiger partial charge in [0, 0.05) is 18.5 Å². The van der Waals surface area contributed by atoms with Crippen molar-refractivity contribution in [2.75, 3.05) is 24.2 Å². The molecule has 238 valence electrons. The van der Waals surface area contributed by atoms with Crippen molar-refractivity contribution in [2.45, 2.75) is 69.9 Å². The highest BCUT2D eigenvalue weighted by Gasteiger charge is 2.56. The zero-order valence-electron chi connectivity index (χ0n) is 26.5. The summed E-state index contributed by atoms with van der Waals surface area (Å²) in [5.74, 6) is 0.756. The van der Waals surface area contributed by atoms with Gasteiger partial charge in [-0.3, -0.25) is 4.18 Å². The Labute approximate surface area is 267 Å². The van der Waals surface area contributed by atoms with E-state index in [-0.39, 0.29) is 17.4 Å². The highest BCUT2D eigenvalue weighted by molar-refractivity contribution is 7.86. The minimum Gasteiger partial charge on any atom is -0.401 e. The van der Waals surface area contributed by atoms with Gasteiger partial charge in [-0.1, -0.05) is 93.6 Å². The number of benzene rings is 3. The number of hydrogen-bond donors (Lipinski definition) is 0. The van der Waals surface area contributed by atoms with Gasteiger partial charge >= 0.3 is 0 Å². The molecule has 0 spiro atoms. The Morgan fingerprint density at radius 3 is 2.11 bits per heavy atom. The SMILES string of the molecule is CC(C)(C)[Si](O[C@H]1[C@@H](CCc2ccc3ccc(N4CCC4)nc3c2)C[C@H](OS(C)(=O)=O)[C@H]1F)(c1ccccc1)c1ccccc1. The first kappa shape index (κ1) is 31.9. The van der Waals surface area contributed by atoms with Crippen molar-refractivity contribution in [3.63, 3.8) is 0 Å². The molecule has 2 fully saturated rings. The number of aryl methyl sites for hydroxylation is 1. The van der Waals surface area contributed by atoms with Gasteiger partial charge in [-0.15, -0.1) is 0 Å². The molecule has 3 aromatic carbocycles. The summed E-state index contributed by atoms with van der Waals surface area (Å²) in [7, 11) is -6.97. The molecule has 6 nitrogen and oxygen atoms in total. The van der Waals surface area contributed by atoms with Gasteiger partial charge in [-0.05, 0) is 70.8 Å². The number of nitrogens with zero attached hydrogens (tertiary/aromatic N) is 2. The maximum absolute atomic E-state index is 16.6. The van der Waals surface area contributed by atoms with Crippen molar-refractivity contribution in [3.05, 3.63) is 96.6 Å². The second-order valence-electron chi connectivity index (χ2n) is 13.6. The van der Waals surface area contributed by atoms with Crippen LogP contribution in [0.5, 0.6) is 0 Å². The lowest BCUT2D eigenvalue weighted by atomic mass is 9.96. The molecule has 0 bridgehead atoms. The molecule has 6 rings (SSSR count). The van der Waals surface area contributed by atoms with Crippen LogP contribution in [0, 0.1) is 5.92 Å². The Kier molecular flexibility index (Phi) is 8.91. The van der Waals surface area contributed by atoms with Crippen LogP contribution in [0.2, 0.25) is 5.04 Å². The molecule has 1 aliphatic carbocycles. The molecule has 0 amide bonds. The Morgan fingerprint density at radius 2 is 1.56 bits per heavy atom. The van der Waals surface area contributed by atoms with E-state index in [2.05, 4.69) is 80.3 Å². The van der Waals surface area contributed by atoms with Crippen molar-refractivity contribution in [2.24, 2.45) is 5.92 Å². The van der Waals surface area contributed by atoms with Crippen LogP contribution in [0.25, 0.3) is 10.9 Å². The van der Waals surface area contributed by atoms with Gasteiger partial charge in [-0.2, -0.15) is 8.42 Å². The van der Waals surface area contributed by atoms with Crippen molar-refractivity contribution in [1.29, 1.82) is 0 Å². The number of pyridine rings is 1. The molecule has 0 radical (unpaired) electrons. The molecule has 1 saturated heterocycles. The highest BCUT2D eigenvalue weighted by atomic mass is 32.2. The Balaban J connectivity index is 1.34. The number of hydrogen-bond acceptors (Lipinski definition) is 6. The zero-order chi connectivity index (χ0) is 31.8. The van der Waals surface area contributed by atoms with Crippen LogP contribution in [0.3, 0.4) is 0 Å². The van der Waals surface area contributed by atoms with Crippen LogP contribution >= 0.6 is 0 Å². The minimum atomic E-state index is -3.86. The lowest BCUT2D eigenvalue weighted by molar-refractivity contribution is 0.0468. The van der Waals surface area contributed by atoms with Gasteiger partial charge in [0.15, 0.2) is 6.17 Å². The fourth-order valence-electron chi connectivity index (χ4n) is 7.07. The van der Waals surface area contributed by atoms with E-state index in [0.717, 1.165) is 52.0 Å². The molecule has 1 saturated carbocycles. The van der Waals surface area contributed by atoms with E-state index in [0.29, 0.717) is 12.8 Å². The largest absolute Gasteiger partial charge is 0.401 e. The molecule has 1 aromatic heterocycles. The van der Waals surface area contributed by atoms with Crippen LogP contribution in [0.4, 0.5) is 10.2 Å². The van der Waals surface area contributed by atoms with Crippen LogP contribution < -0.4 is 15.3 Å². The predicted octanol–water partition coefficient (Wildman–Crippen LogP) is 6.03. The lowest BCUT2D eigenvalue weighted by Crippen LogP contribution is -2.68. The monoisotopic (exact) mass is 646 g/mol. The quantitative estimate of drug-likeness (QED) is 0.155. The number of halogens is 1. The van der Waals surface area contributed by atoms with E-state index in [1.165, 1.54) is 6.42 Å². The Hall–Kier alpha value is -3.11. The predicted molar refractivity (Wildman–Crippen MR) is 182 cm³/mol. The molecule has 4 atom stereocenters. The average molecular weight is 647 g/mol. The van der Waals surface area contributed by atoms with E-state index >= 15 is 4.39 Å². The molecule has 0 unspecified atom stereocenters. The van der Waals surface area contributed by atoms with Gasteiger partial charge < -0.3 is 9.33 Å². The number of fused-ring (bicyclic) bond motifs is 1. The second-order valence-corrected chi connectivity index (χ2v) is 19.5. The van der Waals surface area contributed by atoms with Crippen LogP contribution in [0.15, 0.2) is 91.0 Å². The first-order chi connectivity index (χ1) is 21.4. The number of aromatic nitrogens is 1. The summed E-state index contributed by atoms with van der Waals surface area (Å²) in [6, 6.07) is 30.8. The van der Waals surface area contributed by atoms with Crippen molar-refractivity contribution in [1.82, 2.24) is 4.98 Å². The zero-order valence-corrected chi connectivity index (χ0v) is 28.3. The van der Waals surface area contributed by atoms with E-state index in [4.69, 9.17) is 13.6 Å². The molecule has 2 heterocycles. The van der Waals surface area contributed by atoms with E-state index in [1.807, 2.05) is 36.4 Å². The molecule has 9 heteroatoms. The smallest absolute Gasteiger partial charge is 0.264 e. The molecule has 45 heavy (non-hydrogen) atoms. The summed E-state index contributed by atoms with van der Waals surface area (Å²) in [6.45, 7) is 8.56. The third-order valence-corrected chi connectivity index (χ3v) is 15.1. The topological polar surface area (TPSA) is 68.7 Å². The molecular formula is C36H43FN2O4SSi. The number of anilines is 1. The first-order valence-electron chi connectivity index (χ1n) is 15.9. The molecule has 2 aliphatic rings. The van der Waals surface area contributed by atoms with Gasteiger partial charge in [0.2, 0.25) is 0 Å². The normalized spacial score (nSPS) is 22.5. The molecule has 1 aliphatic heterocycles.